The Morgan fingerprint density at radius 3 is 2.41 bits per heavy atom. The molecule has 0 atom stereocenters. The quantitative estimate of drug-likeness (QED) is 0.684. The first-order valence-electron chi connectivity index (χ1n) is 5.88. The van der Waals surface area contributed by atoms with Gasteiger partial charge in [-0.2, -0.15) is 0 Å². The van der Waals surface area contributed by atoms with Gasteiger partial charge in [-0.15, -0.1) is 0 Å². The fraction of sp³-hybridized carbons (Fsp3) is 0. The van der Waals surface area contributed by atoms with Gasteiger partial charge in [-0.3, -0.25) is 25.0 Å². The van der Waals surface area contributed by atoms with Crippen molar-refractivity contribution in [3.05, 3.63) is 73.3 Å². The summed E-state index contributed by atoms with van der Waals surface area (Å²) in [6.45, 7) is 0. The van der Waals surface area contributed by atoms with E-state index in [2.05, 4.69) is 5.32 Å². The van der Waals surface area contributed by atoms with E-state index in [1.807, 2.05) is 0 Å². The molecule has 2 aromatic rings. The summed E-state index contributed by atoms with van der Waals surface area (Å²) in [4.78, 5) is 32.4. The smallest absolute Gasteiger partial charge is 0.282 e. The topological polar surface area (TPSA) is 115 Å². The molecule has 0 aliphatic heterocycles. The zero-order valence-corrected chi connectivity index (χ0v) is 11.6. The number of nitrogens with one attached hydrogen (secondary N) is 1. The van der Waals surface area contributed by atoms with E-state index in [4.69, 9.17) is 11.6 Å². The van der Waals surface area contributed by atoms with Crippen molar-refractivity contribution in [2.45, 2.75) is 0 Å². The van der Waals surface area contributed by atoms with Crippen LogP contribution in [0.2, 0.25) is 5.02 Å². The highest BCUT2D eigenvalue weighted by Crippen LogP contribution is 2.24. The number of nitrogens with zero attached hydrogens (tertiary/aromatic N) is 2. The first-order valence-corrected chi connectivity index (χ1v) is 6.26. The number of halogens is 1. The molecule has 1 N–H and O–H groups in total. The number of nitro groups is 2. The molecule has 0 aliphatic rings. The van der Waals surface area contributed by atoms with Crippen molar-refractivity contribution in [1.29, 1.82) is 0 Å². The van der Waals surface area contributed by atoms with Gasteiger partial charge in [0.1, 0.15) is 5.56 Å². The Balaban J connectivity index is 2.33. The predicted octanol–water partition coefficient (Wildman–Crippen LogP) is 3.41. The lowest BCUT2D eigenvalue weighted by Crippen LogP contribution is -2.14. The molecule has 0 bridgehead atoms. The minimum atomic E-state index is -0.783. The Labute approximate surface area is 128 Å². The molecule has 2 aromatic carbocycles. The highest BCUT2D eigenvalue weighted by atomic mass is 35.5. The predicted molar refractivity (Wildman–Crippen MR) is 79.2 cm³/mol. The number of hydrogen-bond donors (Lipinski definition) is 1. The first kappa shape index (κ1) is 15.4. The summed E-state index contributed by atoms with van der Waals surface area (Å²) in [5, 5.41) is 24.1. The number of hydrogen-bond acceptors (Lipinski definition) is 5. The van der Waals surface area contributed by atoms with Crippen molar-refractivity contribution in [2.24, 2.45) is 0 Å². The Bertz CT molecular complexity index is 778. The summed E-state index contributed by atoms with van der Waals surface area (Å²) in [5.74, 6) is -0.783. The van der Waals surface area contributed by atoms with Crippen LogP contribution in [0.25, 0.3) is 0 Å². The maximum absolute atomic E-state index is 12.1. The van der Waals surface area contributed by atoms with Crippen molar-refractivity contribution >= 4 is 34.6 Å². The summed E-state index contributed by atoms with van der Waals surface area (Å²) in [5.41, 5.74) is -0.705. The van der Waals surface area contributed by atoms with Crippen molar-refractivity contribution in [1.82, 2.24) is 0 Å². The van der Waals surface area contributed by atoms with Crippen LogP contribution in [-0.4, -0.2) is 15.8 Å². The zero-order chi connectivity index (χ0) is 16.3. The van der Waals surface area contributed by atoms with Crippen LogP contribution >= 0.6 is 11.6 Å². The van der Waals surface area contributed by atoms with Gasteiger partial charge in [-0.05, 0) is 18.2 Å². The van der Waals surface area contributed by atoms with E-state index in [0.717, 1.165) is 18.2 Å². The fourth-order valence-electron chi connectivity index (χ4n) is 1.74. The second-order valence-electron chi connectivity index (χ2n) is 4.18. The van der Waals surface area contributed by atoms with E-state index in [9.17, 15) is 25.0 Å². The summed E-state index contributed by atoms with van der Waals surface area (Å²) in [6, 6.07) is 8.80. The number of carbonyl (C=O) groups is 1. The maximum Gasteiger partial charge on any atom is 0.282 e. The number of anilines is 1. The van der Waals surface area contributed by atoms with Gasteiger partial charge in [0.05, 0.1) is 9.85 Å². The number of benzene rings is 2. The Hall–Kier alpha value is -3.00. The largest absolute Gasteiger partial charge is 0.322 e. The van der Waals surface area contributed by atoms with Gasteiger partial charge in [0.15, 0.2) is 0 Å². The molecule has 0 radical (unpaired) electrons. The van der Waals surface area contributed by atoms with Crippen LogP contribution in [0.1, 0.15) is 10.4 Å². The molecule has 2 rings (SSSR count). The summed E-state index contributed by atoms with van der Waals surface area (Å²) in [7, 11) is 0. The lowest BCUT2D eigenvalue weighted by atomic mass is 10.1. The molecule has 0 aromatic heterocycles. The van der Waals surface area contributed by atoms with E-state index in [-0.39, 0.29) is 22.0 Å². The molecule has 0 heterocycles. The first-order chi connectivity index (χ1) is 10.4. The molecule has 0 aliphatic carbocycles. The molecule has 9 heteroatoms. The van der Waals surface area contributed by atoms with E-state index in [0.29, 0.717) is 0 Å². The Kier molecular flexibility index (Phi) is 4.33. The molecular weight excluding hydrogens is 314 g/mol. The molecule has 1 amide bonds. The summed E-state index contributed by atoms with van der Waals surface area (Å²) in [6.07, 6.45) is 0. The molecule has 112 valence electrons. The van der Waals surface area contributed by atoms with Crippen molar-refractivity contribution in [3.63, 3.8) is 0 Å². The lowest BCUT2D eigenvalue weighted by molar-refractivity contribution is -0.385. The van der Waals surface area contributed by atoms with Gasteiger partial charge >= 0.3 is 0 Å². The normalized spacial score (nSPS) is 10.0. The van der Waals surface area contributed by atoms with E-state index in [1.165, 1.54) is 24.3 Å². The highest BCUT2D eigenvalue weighted by molar-refractivity contribution is 6.31. The van der Waals surface area contributed by atoms with Gasteiger partial charge in [0.25, 0.3) is 17.3 Å². The van der Waals surface area contributed by atoms with Crippen LogP contribution < -0.4 is 5.32 Å². The van der Waals surface area contributed by atoms with Crippen molar-refractivity contribution in [3.8, 4) is 0 Å². The molecule has 8 nitrogen and oxygen atoms in total. The monoisotopic (exact) mass is 321 g/mol. The Morgan fingerprint density at radius 2 is 1.77 bits per heavy atom. The number of rotatable bonds is 4. The van der Waals surface area contributed by atoms with E-state index >= 15 is 0 Å². The number of nitro benzene ring substituents is 2. The average Bonchev–Trinajstić information content (AvgIpc) is 2.47. The minimum Gasteiger partial charge on any atom is -0.322 e. The SMILES string of the molecule is O=C(Nc1cccc([N+](=O)[O-])c1)c1cc(Cl)ccc1[N+](=O)[O-]. The third-order valence-electron chi connectivity index (χ3n) is 2.71. The third kappa shape index (κ3) is 3.36. The molecule has 0 unspecified atom stereocenters. The van der Waals surface area contributed by atoms with Crippen LogP contribution in [0, 0.1) is 20.2 Å². The van der Waals surface area contributed by atoms with Crippen LogP contribution in [-0.2, 0) is 0 Å². The molecule has 0 saturated heterocycles. The zero-order valence-electron chi connectivity index (χ0n) is 10.9. The lowest BCUT2D eigenvalue weighted by Gasteiger charge is -2.06. The fourth-order valence-corrected chi connectivity index (χ4v) is 1.92. The van der Waals surface area contributed by atoms with E-state index < -0.39 is 21.4 Å². The standard InChI is InChI=1S/C13H8ClN3O5/c14-8-4-5-12(17(21)22)11(6-8)13(18)15-9-2-1-3-10(7-9)16(19)20/h1-7H,(H,15,18). The van der Waals surface area contributed by atoms with Crippen LogP contribution in [0.3, 0.4) is 0 Å². The number of amides is 1. The minimum absolute atomic E-state index is 0.147. The maximum atomic E-state index is 12.1. The third-order valence-corrected chi connectivity index (χ3v) is 2.95. The van der Waals surface area contributed by atoms with Gasteiger partial charge in [0, 0.05) is 28.9 Å². The average molecular weight is 322 g/mol. The Morgan fingerprint density at radius 1 is 1.05 bits per heavy atom. The van der Waals surface area contributed by atoms with Crippen LogP contribution in [0.4, 0.5) is 17.1 Å². The number of non-ortho nitro benzene ring substituents is 1. The van der Waals surface area contributed by atoms with Gasteiger partial charge in [0.2, 0.25) is 0 Å². The van der Waals surface area contributed by atoms with Crippen LogP contribution in [0.5, 0.6) is 0 Å². The molecular formula is C13H8ClN3O5. The molecule has 0 saturated carbocycles. The summed E-state index contributed by atoms with van der Waals surface area (Å²) < 4.78 is 0. The van der Waals surface area contributed by atoms with Crippen molar-refractivity contribution in [2.75, 3.05) is 5.32 Å². The molecule has 0 fully saturated rings. The summed E-state index contributed by atoms with van der Waals surface area (Å²) >= 11 is 5.74. The second-order valence-corrected chi connectivity index (χ2v) is 4.62. The molecule has 0 spiro atoms. The van der Waals surface area contributed by atoms with Gasteiger partial charge in [-0.25, -0.2) is 0 Å². The highest BCUT2D eigenvalue weighted by Gasteiger charge is 2.21. The molecule has 22 heavy (non-hydrogen) atoms. The van der Waals surface area contributed by atoms with Gasteiger partial charge < -0.3 is 5.32 Å². The van der Waals surface area contributed by atoms with Gasteiger partial charge in [-0.1, -0.05) is 17.7 Å². The number of carbonyl (C=O) groups excluding carboxylic acids is 1. The second kappa shape index (κ2) is 6.19. The van der Waals surface area contributed by atoms with Crippen LogP contribution in [0.15, 0.2) is 42.5 Å². The van der Waals surface area contributed by atoms with E-state index in [1.54, 1.807) is 0 Å². The van der Waals surface area contributed by atoms with Crippen molar-refractivity contribution < 1.29 is 14.6 Å².